The second-order valence-corrected chi connectivity index (χ2v) is 5.23. The summed E-state index contributed by atoms with van der Waals surface area (Å²) in [7, 11) is 0. The molecule has 0 heterocycles. The number of rotatable bonds is 4. The minimum absolute atomic E-state index is 0.141. The fourth-order valence-corrected chi connectivity index (χ4v) is 1.99. The zero-order valence-corrected chi connectivity index (χ0v) is 12.3. The Kier molecular flexibility index (Phi) is 4.54. The Bertz CT molecular complexity index is 686. The number of amides is 1. The van der Waals surface area contributed by atoms with E-state index in [0.29, 0.717) is 0 Å². The Morgan fingerprint density at radius 2 is 1.90 bits per heavy atom. The molecule has 2 rings (SSSR count). The van der Waals surface area contributed by atoms with E-state index in [2.05, 4.69) is 21.2 Å². The molecule has 0 bridgehead atoms. The molecule has 0 radical (unpaired) electrons. The first kappa shape index (κ1) is 15.0. The van der Waals surface area contributed by atoms with Crippen molar-refractivity contribution in [3.05, 3.63) is 62.6 Å². The van der Waals surface area contributed by atoms with E-state index in [1.807, 2.05) is 12.1 Å². The first-order chi connectivity index (χ1) is 9.95. The lowest BCUT2D eigenvalue weighted by atomic mass is 10.1. The van der Waals surface area contributed by atoms with Crippen LogP contribution >= 0.6 is 15.9 Å². The fraction of sp³-hybridized carbons (Fsp3) is 0.0714. The lowest BCUT2D eigenvalue weighted by molar-refractivity contribution is -0.384. The van der Waals surface area contributed by atoms with Crippen molar-refractivity contribution in [3.63, 3.8) is 0 Å². The van der Waals surface area contributed by atoms with Crippen LogP contribution in [-0.4, -0.2) is 15.9 Å². The fourth-order valence-electron chi connectivity index (χ4n) is 1.72. The Morgan fingerprint density at radius 3 is 2.48 bits per heavy atom. The van der Waals surface area contributed by atoms with Gasteiger partial charge in [-0.2, -0.15) is 0 Å². The number of anilines is 1. The van der Waals surface area contributed by atoms with E-state index in [9.17, 15) is 20.0 Å². The third-order valence-corrected chi connectivity index (χ3v) is 3.27. The average Bonchev–Trinajstić information content (AvgIpc) is 2.43. The van der Waals surface area contributed by atoms with Gasteiger partial charge in [0.25, 0.3) is 5.69 Å². The number of nitrogens with one attached hydrogen (secondary N) is 1. The van der Waals surface area contributed by atoms with Gasteiger partial charge in [-0.05, 0) is 23.8 Å². The molecule has 0 aliphatic carbocycles. The number of nitrogens with zero attached hydrogens (tertiary/aromatic N) is 1. The third kappa shape index (κ3) is 4.03. The van der Waals surface area contributed by atoms with Gasteiger partial charge in [0.15, 0.2) is 0 Å². The minimum Gasteiger partial charge on any atom is -0.506 e. The van der Waals surface area contributed by atoms with Gasteiger partial charge < -0.3 is 10.4 Å². The monoisotopic (exact) mass is 350 g/mol. The molecule has 0 aromatic heterocycles. The second kappa shape index (κ2) is 6.36. The van der Waals surface area contributed by atoms with Crippen molar-refractivity contribution in [1.82, 2.24) is 0 Å². The summed E-state index contributed by atoms with van der Waals surface area (Å²) in [6.45, 7) is 0. The maximum Gasteiger partial charge on any atom is 0.273 e. The van der Waals surface area contributed by atoms with Gasteiger partial charge in [-0.3, -0.25) is 14.9 Å². The number of aromatic hydroxyl groups is 1. The highest BCUT2D eigenvalue weighted by molar-refractivity contribution is 9.10. The summed E-state index contributed by atoms with van der Waals surface area (Å²) in [5.74, 6) is -0.658. The van der Waals surface area contributed by atoms with E-state index >= 15 is 0 Å². The zero-order chi connectivity index (χ0) is 15.4. The van der Waals surface area contributed by atoms with Crippen LogP contribution in [0.5, 0.6) is 5.75 Å². The van der Waals surface area contributed by atoms with Crippen molar-refractivity contribution in [1.29, 1.82) is 0 Å². The smallest absolute Gasteiger partial charge is 0.273 e. The van der Waals surface area contributed by atoms with Gasteiger partial charge in [0, 0.05) is 10.5 Å². The van der Waals surface area contributed by atoms with E-state index in [-0.39, 0.29) is 29.5 Å². The molecule has 0 atom stereocenters. The number of carbonyl (C=O) groups is 1. The second-order valence-electron chi connectivity index (χ2n) is 4.31. The molecule has 1 amide bonds. The summed E-state index contributed by atoms with van der Waals surface area (Å²) in [5, 5.41) is 22.7. The van der Waals surface area contributed by atoms with Crippen molar-refractivity contribution < 1.29 is 14.8 Å². The van der Waals surface area contributed by atoms with Crippen LogP contribution in [0.1, 0.15) is 5.56 Å². The highest BCUT2D eigenvalue weighted by Gasteiger charge is 2.12. The van der Waals surface area contributed by atoms with Gasteiger partial charge >= 0.3 is 0 Å². The summed E-state index contributed by atoms with van der Waals surface area (Å²) in [4.78, 5) is 21.8. The van der Waals surface area contributed by atoms with Gasteiger partial charge in [-0.1, -0.05) is 28.1 Å². The molecule has 2 aromatic rings. The van der Waals surface area contributed by atoms with Gasteiger partial charge in [0.1, 0.15) is 5.75 Å². The molecular formula is C14H11BrN2O4. The molecule has 0 unspecified atom stereocenters. The van der Waals surface area contributed by atoms with E-state index in [4.69, 9.17) is 0 Å². The Labute approximate surface area is 128 Å². The highest BCUT2D eigenvalue weighted by atomic mass is 79.9. The number of non-ortho nitro benzene ring substituents is 1. The molecule has 2 aromatic carbocycles. The molecule has 0 aliphatic rings. The first-order valence-corrected chi connectivity index (χ1v) is 6.76. The van der Waals surface area contributed by atoms with Crippen molar-refractivity contribution in [3.8, 4) is 5.75 Å². The van der Waals surface area contributed by atoms with Crippen LogP contribution in [0.15, 0.2) is 46.9 Å². The number of halogens is 1. The minimum atomic E-state index is -0.618. The molecular weight excluding hydrogens is 340 g/mol. The summed E-state index contributed by atoms with van der Waals surface area (Å²) in [6.07, 6.45) is 0.143. The van der Waals surface area contributed by atoms with Crippen molar-refractivity contribution in [2.75, 3.05) is 5.32 Å². The molecule has 0 fully saturated rings. The predicted molar refractivity (Wildman–Crippen MR) is 81.2 cm³/mol. The van der Waals surface area contributed by atoms with Crippen LogP contribution in [0.3, 0.4) is 0 Å². The van der Waals surface area contributed by atoms with Crippen LogP contribution in [-0.2, 0) is 11.2 Å². The number of phenolic OH excluding ortho intramolecular Hbond substituents is 1. The van der Waals surface area contributed by atoms with E-state index in [0.717, 1.165) is 16.1 Å². The average molecular weight is 351 g/mol. The van der Waals surface area contributed by atoms with Crippen LogP contribution in [0, 0.1) is 10.1 Å². The Hall–Kier alpha value is -2.41. The summed E-state index contributed by atoms with van der Waals surface area (Å²) >= 11 is 3.30. The molecule has 6 nitrogen and oxygen atoms in total. The molecule has 0 spiro atoms. The van der Waals surface area contributed by atoms with Crippen LogP contribution in [0.25, 0.3) is 0 Å². The Morgan fingerprint density at radius 1 is 1.24 bits per heavy atom. The lowest BCUT2D eigenvalue weighted by Crippen LogP contribution is -2.14. The largest absolute Gasteiger partial charge is 0.506 e. The van der Waals surface area contributed by atoms with Gasteiger partial charge in [-0.15, -0.1) is 0 Å². The van der Waals surface area contributed by atoms with Crippen molar-refractivity contribution in [2.45, 2.75) is 6.42 Å². The van der Waals surface area contributed by atoms with Crippen LogP contribution in [0.4, 0.5) is 11.4 Å². The number of benzene rings is 2. The van der Waals surface area contributed by atoms with Crippen molar-refractivity contribution >= 4 is 33.2 Å². The first-order valence-electron chi connectivity index (χ1n) is 5.97. The number of nitro benzene ring substituents is 1. The maximum atomic E-state index is 11.9. The molecule has 0 aliphatic heterocycles. The molecule has 0 saturated carbocycles. The molecule has 0 saturated heterocycles. The van der Waals surface area contributed by atoms with Gasteiger partial charge in [0.05, 0.1) is 23.1 Å². The van der Waals surface area contributed by atoms with Crippen molar-refractivity contribution in [2.24, 2.45) is 0 Å². The number of carbonyl (C=O) groups excluding carboxylic acids is 1. The lowest BCUT2D eigenvalue weighted by Gasteiger charge is -2.07. The summed E-state index contributed by atoms with van der Waals surface area (Å²) in [5.41, 5.74) is 0.721. The highest BCUT2D eigenvalue weighted by Crippen LogP contribution is 2.27. The summed E-state index contributed by atoms with van der Waals surface area (Å²) in [6, 6.07) is 10.8. The number of hydrogen-bond acceptors (Lipinski definition) is 4. The number of phenols is 1. The van der Waals surface area contributed by atoms with E-state index in [1.165, 1.54) is 12.1 Å². The third-order valence-electron chi connectivity index (χ3n) is 2.74. The van der Waals surface area contributed by atoms with Crippen LogP contribution in [0.2, 0.25) is 0 Å². The van der Waals surface area contributed by atoms with Gasteiger partial charge in [0.2, 0.25) is 5.91 Å². The molecule has 7 heteroatoms. The number of nitro groups is 1. The molecule has 2 N–H and O–H groups in total. The normalized spacial score (nSPS) is 10.1. The van der Waals surface area contributed by atoms with Gasteiger partial charge in [-0.25, -0.2) is 0 Å². The zero-order valence-electron chi connectivity index (χ0n) is 10.7. The van der Waals surface area contributed by atoms with E-state index < -0.39 is 4.92 Å². The SMILES string of the molecule is O=C(Cc1ccc(Br)cc1)Nc1ccc([N+](=O)[O-])cc1O. The molecule has 21 heavy (non-hydrogen) atoms. The number of hydrogen-bond donors (Lipinski definition) is 2. The topological polar surface area (TPSA) is 92.5 Å². The predicted octanol–water partition coefficient (Wildman–Crippen LogP) is 3.24. The Balaban J connectivity index is 2.06. The van der Waals surface area contributed by atoms with Crippen LogP contribution < -0.4 is 5.32 Å². The summed E-state index contributed by atoms with van der Waals surface area (Å²) < 4.78 is 0.916. The quantitative estimate of drug-likeness (QED) is 0.502. The van der Waals surface area contributed by atoms with E-state index in [1.54, 1.807) is 12.1 Å². The molecule has 108 valence electrons. The maximum absolute atomic E-state index is 11.9. The standard InChI is InChI=1S/C14H11BrN2O4/c15-10-3-1-9(2-4-10)7-14(19)16-12-6-5-11(17(20)21)8-13(12)18/h1-6,8,18H,7H2,(H,16,19).